The molecule has 2 aromatic rings. The number of alkyl halides is 3. The second kappa shape index (κ2) is 6.50. The number of rotatable bonds is 4. The molecule has 7 heteroatoms. The summed E-state index contributed by atoms with van der Waals surface area (Å²) in [7, 11) is 0. The van der Waals surface area contributed by atoms with Crippen molar-refractivity contribution in [1.82, 2.24) is 0 Å². The molecule has 0 radical (unpaired) electrons. The van der Waals surface area contributed by atoms with Gasteiger partial charge in [-0.3, -0.25) is 0 Å². The number of carboxylic acids is 1. The molecule has 0 fully saturated rings. The highest BCUT2D eigenvalue weighted by Crippen LogP contribution is 2.36. The van der Waals surface area contributed by atoms with Gasteiger partial charge >= 0.3 is 12.1 Å². The number of benzene rings is 2. The molecular weight excluding hydrogens is 333 g/mol. The first-order chi connectivity index (χ1) is 10.7. The molecule has 0 heterocycles. The van der Waals surface area contributed by atoms with Crippen molar-refractivity contribution in [2.24, 2.45) is 0 Å². The molecule has 0 spiro atoms. The summed E-state index contributed by atoms with van der Waals surface area (Å²) in [6.45, 7) is 1.76. The fourth-order valence-electron chi connectivity index (χ4n) is 2.05. The van der Waals surface area contributed by atoms with E-state index < -0.39 is 22.7 Å². The van der Waals surface area contributed by atoms with Crippen LogP contribution in [0.2, 0.25) is 5.02 Å². The van der Waals surface area contributed by atoms with Crippen molar-refractivity contribution in [1.29, 1.82) is 0 Å². The zero-order valence-electron chi connectivity index (χ0n) is 11.9. The second-order valence-electron chi connectivity index (χ2n) is 4.94. The average molecular weight is 345 g/mol. The van der Waals surface area contributed by atoms with Gasteiger partial charge < -0.3 is 9.84 Å². The van der Waals surface area contributed by atoms with Gasteiger partial charge in [0.15, 0.2) is 0 Å². The van der Waals surface area contributed by atoms with Crippen molar-refractivity contribution >= 4 is 17.6 Å². The fraction of sp³-hybridized carbons (Fsp3) is 0.188. The molecule has 0 aliphatic carbocycles. The third-order valence-corrected chi connectivity index (χ3v) is 3.35. The van der Waals surface area contributed by atoms with E-state index in [1.807, 2.05) is 0 Å². The topological polar surface area (TPSA) is 46.5 Å². The van der Waals surface area contributed by atoms with Gasteiger partial charge in [0.25, 0.3) is 0 Å². The molecule has 0 aromatic heterocycles. The Bertz CT molecular complexity index is 742. The van der Waals surface area contributed by atoms with Crippen LogP contribution in [0.15, 0.2) is 36.4 Å². The zero-order valence-corrected chi connectivity index (χ0v) is 12.7. The Morgan fingerprint density at radius 2 is 1.91 bits per heavy atom. The molecule has 2 rings (SSSR count). The van der Waals surface area contributed by atoms with Crippen molar-refractivity contribution in [3.8, 4) is 5.75 Å². The van der Waals surface area contributed by atoms with Crippen molar-refractivity contribution in [3.63, 3.8) is 0 Å². The van der Waals surface area contributed by atoms with E-state index in [1.165, 1.54) is 18.2 Å². The van der Waals surface area contributed by atoms with E-state index in [-0.39, 0.29) is 17.9 Å². The lowest BCUT2D eigenvalue weighted by atomic mass is 10.1. The Balaban J connectivity index is 2.15. The minimum atomic E-state index is -4.53. The SMILES string of the molecule is Cc1cc(COc2ccc(C(F)(F)F)c(Cl)c2)cc(C(=O)O)c1. The number of carboxylic acid groups (broad SMARTS) is 1. The van der Waals surface area contributed by atoms with Crippen LogP contribution in [0.25, 0.3) is 0 Å². The van der Waals surface area contributed by atoms with Gasteiger partial charge in [-0.2, -0.15) is 13.2 Å². The number of aromatic carboxylic acids is 1. The monoisotopic (exact) mass is 344 g/mol. The summed E-state index contributed by atoms with van der Waals surface area (Å²) in [5, 5.41) is 8.54. The molecule has 0 atom stereocenters. The van der Waals surface area contributed by atoms with Gasteiger partial charge in [0, 0.05) is 0 Å². The molecular formula is C16H12ClF3O3. The van der Waals surface area contributed by atoms with Crippen molar-refractivity contribution in [2.45, 2.75) is 19.7 Å². The predicted octanol–water partition coefficient (Wildman–Crippen LogP) is 4.94. The third kappa shape index (κ3) is 4.39. The van der Waals surface area contributed by atoms with Crippen LogP contribution < -0.4 is 4.74 Å². The third-order valence-electron chi connectivity index (χ3n) is 3.04. The Labute approximate surface area is 135 Å². The van der Waals surface area contributed by atoms with Gasteiger partial charge in [0.2, 0.25) is 0 Å². The Kier molecular flexibility index (Phi) is 4.85. The van der Waals surface area contributed by atoms with Crippen molar-refractivity contribution in [3.05, 3.63) is 63.7 Å². The van der Waals surface area contributed by atoms with Gasteiger partial charge in [-0.05, 0) is 48.4 Å². The molecule has 0 amide bonds. The predicted molar refractivity (Wildman–Crippen MR) is 78.9 cm³/mol. The maximum absolute atomic E-state index is 12.6. The first kappa shape index (κ1) is 17.1. The van der Waals surface area contributed by atoms with Crippen molar-refractivity contribution < 1.29 is 27.8 Å². The number of hydrogen-bond donors (Lipinski definition) is 1. The molecule has 23 heavy (non-hydrogen) atoms. The van der Waals surface area contributed by atoms with Crippen molar-refractivity contribution in [2.75, 3.05) is 0 Å². The van der Waals surface area contributed by atoms with E-state index in [9.17, 15) is 18.0 Å². The molecule has 0 bridgehead atoms. The molecule has 0 aliphatic rings. The van der Waals surface area contributed by atoms with Crippen LogP contribution in [0, 0.1) is 6.92 Å². The highest BCUT2D eigenvalue weighted by Gasteiger charge is 2.33. The Morgan fingerprint density at radius 3 is 2.48 bits per heavy atom. The summed E-state index contributed by atoms with van der Waals surface area (Å²) in [6, 6.07) is 7.79. The molecule has 0 saturated carbocycles. The number of ether oxygens (including phenoxy) is 1. The largest absolute Gasteiger partial charge is 0.489 e. The average Bonchev–Trinajstić information content (AvgIpc) is 2.43. The quantitative estimate of drug-likeness (QED) is 0.854. The van der Waals surface area contributed by atoms with Gasteiger partial charge in [-0.15, -0.1) is 0 Å². The molecule has 1 N–H and O–H groups in total. The highest BCUT2D eigenvalue weighted by atomic mass is 35.5. The second-order valence-corrected chi connectivity index (χ2v) is 5.35. The fourth-order valence-corrected chi connectivity index (χ4v) is 2.33. The van der Waals surface area contributed by atoms with Gasteiger partial charge in [0.05, 0.1) is 16.1 Å². The van der Waals surface area contributed by atoms with Gasteiger partial charge in [-0.1, -0.05) is 17.7 Å². The lowest BCUT2D eigenvalue weighted by Gasteiger charge is -2.12. The zero-order chi connectivity index (χ0) is 17.2. The van der Waals surface area contributed by atoms with E-state index in [0.717, 1.165) is 17.7 Å². The van der Waals surface area contributed by atoms with E-state index >= 15 is 0 Å². The summed E-state index contributed by atoms with van der Waals surface area (Å²) in [5.74, 6) is -0.895. The summed E-state index contributed by atoms with van der Waals surface area (Å²) >= 11 is 5.61. The summed E-state index contributed by atoms with van der Waals surface area (Å²) in [4.78, 5) is 11.0. The lowest BCUT2D eigenvalue weighted by Crippen LogP contribution is -2.06. The van der Waals surface area contributed by atoms with E-state index in [4.69, 9.17) is 21.4 Å². The molecule has 0 aliphatic heterocycles. The van der Waals surface area contributed by atoms with Crippen LogP contribution in [-0.2, 0) is 12.8 Å². The standard InChI is InChI=1S/C16H12ClF3O3/c1-9-4-10(6-11(5-9)15(21)22)8-23-12-2-3-13(14(17)7-12)16(18,19)20/h2-7H,8H2,1H3,(H,21,22). The summed E-state index contributed by atoms with van der Waals surface area (Å²) in [5.41, 5.74) is 0.525. The van der Waals surface area contributed by atoms with Crippen LogP contribution in [0.1, 0.15) is 27.0 Å². The number of carbonyl (C=O) groups is 1. The summed E-state index contributed by atoms with van der Waals surface area (Å²) in [6.07, 6.45) is -4.53. The molecule has 0 unspecified atom stereocenters. The molecule has 2 aromatic carbocycles. The number of hydrogen-bond acceptors (Lipinski definition) is 2. The maximum atomic E-state index is 12.6. The van der Waals surface area contributed by atoms with E-state index in [2.05, 4.69) is 0 Å². The van der Waals surface area contributed by atoms with Gasteiger partial charge in [0.1, 0.15) is 12.4 Å². The van der Waals surface area contributed by atoms with E-state index in [0.29, 0.717) is 5.56 Å². The maximum Gasteiger partial charge on any atom is 0.417 e. The van der Waals surface area contributed by atoms with Crippen LogP contribution in [0.4, 0.5) is 13.2 Å². The van der Waals surface area contributed by atoms with Crippen LogP contribution in [-0.4, -0.2) is 11.1 Å². The van der Waals surface area contributed by atoms with Crippen LogP contribution in [0.5, 0.6) is 5.75 Å². The minimum absolute atomic E-state index is 0.0175. The lowest BCUT2D eigenvalue weighted by molar-refractivity contribution is -0.137. The first-order valence-corrected chi connectivity index (χ1v) is 6.88. The minimum Gasteiger partial charge on any atom is -0.489 e. The van der Waals surface area contributed by atoms with Crippen LogP contribution >= 0.6 is 11.6 Å². The molecule has 3 nitrogen and oxygen atoms in total. The molecule has 122 valence electrons. The Morgan fingerprint density at radius 1 is 1.22 bits per heavy atom. The number of halogens is 4. The van der Waals surface area contributed by atoms with Crippen LogP contribution in [0.3, 0.4) is 0 Å². The van der Waals surface area contributed by atoms with Gasteiger partial charge in [-0.25, -0.2) is 4.79 Å². The summed E-state index contributed by atoms with van der Waals surface area (Å²) < 4.78 is 43.2. The Hall–Kier alpha value is -2.21. The highest BCUT2D eigenvalue weighted by molar-refractivity contribution is 6.31. The normalized spacial score (nSPS) is 11.3. The molecule has 0 saturated heterocycles. The first-order valence-electron chi connectivity index (χ1n) is 6.50. The number of aryl methyl sites for hydroxylation is 1. The van der Waals surface area contributed by atoms with E-state index in [1.54, 1.807) is 13.0 Å². The smallest absolute Gasteiger partial charge is 0.417 e.